The van der Waals surface area contributed by atoms with Crippen molar-refractivity contribution in [1.82, 2.24) is 0 Å². The minimum atomic E-state index is 0.0156. The quantitative estimate of drug-likeness (QED) is 0.605. The lowest BCUT2D eigenvalue weighted by Gasteiger charge is -2.38. The van der Waals surface area contributed by atoms with E-state index in [2.05, 4.69) is 74.2 Å². The summed E-state index contributed by atoms with van der Waals surface area (Å²) in [6.07, 6.45) is 0. The van der Waals surface area contributed by atoms with Crippen molar-refractivity contribution < 1.29 is 0 Å². The normalized spacial score (nSPS) is 11.8. The van der Waals surface area contributed by atoms with Crippen LogP contribution in [-0.2, 0) is 5.33 Å². The smallest absolute Gasteiger partial charge is 0.0646 e. The van der Waals surface area contributed by atoms with Gasteiger partial charge in [0.15, 0.2) is 0 Å². The number of nitrogens with zero attached hydrogens (tertiary/aromatic N) is 1. The Hall–Kier alpha value is -0.470. The first-order valence-electron chi connectivity index (χ1n) is 6.51. The van der Waals surface area contributed by atoms with Crippen LogP contribution in [0.5, 0.6) is 0 Å². The van der Waals surface area contributed by atoms with Crippen LogP contribution in [0.15, 0.2) is 30.5 Å². The van der Waals surface area contributed by atoms with E-state index in [1.165, 1.54) is 5.56 Å². The number of benzene rings is 1. The molecule has 0 N–H and O–H groups in total. The van der Waals surface area contributed by atoms with Crippen molar-refractivity contribution in [1.29, 1.82) is 0 Å². The van der Waals surface area contributed by atoms with Gasteiger partial charge in [-0.1, -0.05) is 60.9 Å². The molecule has 0 aromatic heterocycles. The average molecular weight is 345 g/mol. The van der Waals surface area contributed by atoms with Crippen molar-refractivity contribution in [3.05, 3.63) is 41.1 Å². The third-order valence-corrected chi connectivity index (χ3v) is 4.05. The first kappa shape index (κ1) is 16.6. The Balaban J connectivity index is 3.25. The molecule has 0 aliphatic rings. The molecular formula is C16H23BrClN. The molecule has 0 heterocycles. The highest BCUT2D eigenvalue weighted by molar-refractivity contribution is 9.08. The summed E-state index contributed by atoms with van der Waals surface area (Å²) in [5.41, 5.74) is 3.30. The van der Waals surface area contributed by atoms with Crippen molar-refractivity contribution in [3.8, 4) is 0 Å². The van der Waals surface area contributed by atoms with E-state index in [4.69, 9.17) is 11.6 Å². The fourth-order valence-corrected chi connectivity index (χ4v) is 2.57. The van der Waals surface area contributed by atoms with Crippen LogP contribution in [0.25, 0.3) is 0 Å². The Kier molecular flexibility index (Phi) is 5.52. The van der Waals surface area contributed by atoms with Crippen LogP contribution in [0.3, 0.4) is 0 Å². The lowest BCUT2D eigenvalue weighted by Crippen LogP contribution is -2.35. The molecule has 3 heteroatoms. The maximum atomic E-state index is 6.44. The maximum absolute atomic E-state index is 6.44. The van der Waals surface area contributed by atoms with Gasteiger partial charge >= 0.3 is 0 Å². The lowest BCUT2D eigenvalue weighted by molar-refractivity contribution is 0.474. The molecule has 0 bridgehead atoms. The summed E-state index contributed by atoms with van der Waals surface area (Å²) in [6, 6.07) is 6.51. The Morgan fingerprint density at radius 1 is 1.37 bits per heavy atom. The summed E-state index contributed by atoms with van der Waals surface area (Å²) >= 11 is 9.89. The van der Waals surface area contributed by atoms with Gasteiger partial charge in [0.05, 0.1) is 10.7 Å². The molecule has 0 fully saturated rings. The van der Waals surface area contributed by atoms with Gasteiger partial charge in [0, 0.05) is 22.5 Å². The fraction of sp³-hybridized carbons (Fsp3) is 0.500. The fourth-order valence-electron chi connectivity index (χ4n) is 1.93. The molecule has 0 saturated heterocycles. The van der Waals surface area contributed by atoms with Crippen LogP contribution in [-0.4, -0.2) is 6.04 Å². The summed E-state index contributed by atoms with van der Waals surface area (Å²) in [5, 5.41) is 1.59. The molecule has 0 radical (unpaired) electrons. The molecule has 106 valence electrons. The van der Waals surface area contributed by atoms with Crippen LogP contribution in [0.1, 0.15) is 40.2 Å². The van der Waals surface area contributed by atoms with Crippen molar-refractivity contribution in [2.75, 3.05) is 4.90 Å². The van der Waals surface area contributed by atoms with Crippen LogP contribution in [0.4, 0.5) is 5.69 Å². The van der Waals surface area contributed by atoms with E-state index in [0.29, 0.717) is 6.04 Å². The van der Waals surface area contributed by atoms with Gasteiger partial charge in [-0.3, -0.25) is 0 Å². The first-order chi connectivity index (χ1) is 8.68. The third-order valence-electron chi connectivity index (χ3n) is 3.10. The van der Waals surface area contributed by atoms with Crippen molar-refractivity contribution >= 4 is 33.2 Å². The molecule has 1 nitrogen and oxygen atoms in total. The molecule has 1 aromatic rings. The molecule has 1 aromatic carbocycles. The van der Waals surface area contributed by atoms with Gasteiger partial charge in [0.2, 0.25) is 0 Å². The predicted molar refractivity (Wildman–Crippen MR) is 90.3 cm³/mol. The van der Waals surface area contributed by atoms with Crippen molar-refractivity contribution in [2.24, 2.45) is 5.41 Å². The topological polar surface area (TPSA) is 3.24 Å². The van der Waals surface area contributed by atoms with E-state index < -0.39 is 0 Å². The molecular weight excluding hydrogens is 322 g/mol. The van der Waals surface area contributed by atoms with E-state index in [9.17, 15) is 0 Å². The molecule has 0 atom stereocenters. The van der Waals surface area contributed by atoms with Crippen molar-refractivity contribution in [3.63, 3.8) is 0 Å². The zero-order chi connectivity index (χ0) is 14.8. The zero-order valence-corrected chi connectivity index (χ0v) is 14.8. The first-order valence-corrected chi connectivity index (χ1v) is 8.01. The predicted octanol–water partition coefficient (Wildman–Crippen LogP) is 6.01. The van der Waals surface area contributed by atoms with E-state index in [-0.39, 0.29) is 5.41 Å². The Morgan fingerprint density at radius 3 is 2.32 bits per heavy atom. The van der Waals surface area contributed by atoms with Gasteiger partial charge in [-0.2, -0.15) is 0 Å². The number of rotatable bonds is 4. The highest BCUT2D eigenvalue weighted by Crippen LogP contribution is 2.37. The second-order valence-electron chi connectivity index (χ2n) is 6.08. The summed E-state index contributed by atoms with van der Waals surface area (Å²) in [5.74, 6) is 0. The Morgan fingerprint density at radius 2 is 1.95 bits per heavy atom. The van der Waals surface area contributed by atoms with Gasteiger partial charge in [0.1, 0.15) is 0 Å². The summed E-state index contributed by atoms with van der Waals surface area (Å²) < 4.78 is 0. The average Bonchev–Trinajstić information content (AvgIpc) is 2.29. The molecule has 0 amide bonds. The summed E-state index contributed by atoms with van der Waals surface area (Å²) in [7, 11) is 0. The largest absolute Gasteiger partial charge is 0.341 e. The highest BCUT2D eigenvalue weighted by atomic mass is 79.9. The molecule has 1 rings (SSSR count). The van der Waals surface area contributed by atoms with Gasteiger partial charge in [0.25, 0.3) is 0 Å². The highest BCUT2D eigenvalue weighted by Gasteiger charge is 2.25. The van der Waals surface area contributed by atoms with Crippen LogP contribution in [0, 0.1) is 5.41 Å². The number of anilines is 1. The van der Waals surface area contributed by atoms with Gasteiger partial charge in [-0.05, 0) is 31.5 Å². The van der Waals surface area contributed by atoms with Crippen LogP contribution >= 0.6 is 27.5 Å². The minimum absolute atomic E-state index is 0.0156. The Bertz CT molecular complexity index is 460. The van der Waals surface area contributed by atoms with E-state index in [1.807, 2.05) is 6.07 Å². The number of hydrogen-bond acceptors (Lipinski definition) is 1. The molecule has 0 saturated carbocycles. The van der Waals surface area contributed by atoms with E-state index >= 15 is 0 Å². The molecule has 0 spiro atoms. The van der Waals surface area contributed by atoms with E-state index in [1.54, 1.807) is 0 Å². The van der Waals surface area contributed by atoms with Gasteiger partial charge < -0.3 is 4.90 Å². The van der Waals surface area contributed by atoms with Gasteiger partial charge in [-0.25, -0.2) is 0 Å². The number of allylic oxidation sites excluding steroid dienone is 1. The zero-order valence-electron chi connectivity index (χ0n) is 12.4. The SMILES string of the molecule is C=C(N(c1ccc(CBr)cc1Cl)C(C)C)C(C)(C)C. The van der Waals surface area contributed by atoms with E-state index in [0.717, 1.165) is 21.7 Å². The second kappa shape index (κ2) is 6.32. The lowest BCUT2D eigenvalue weighted by atomic mass is 9.90. The molecule has 0 aliphatic heterocycles. The third kappa shape index (κ3) is 4.00. The molecule has 0 unspecified atom stereocenters. The number of hydrogen-bond donors (Lipinski definition) is 0. The standard InChI is InChI=1S/C16H23BrClN/c1-11(2)19(12(3)16(4,5)6)15-8-7-13(10-17)9-14(15)18/h7-9,11H,3,10H2,1-2,4-6H3. The molecule has 0 aliphatic carbocycles. The summed E-state index contributed by atoms with van der Waals surface area (Å²) in [4.78, 5) is 2.22. The minimum Gasteiger partial charge on any atom is -0.341 e. The maximum Gasteiger partial charge on any atom is 0.0646 e. The van der Waals surface area contributed by atoms with Crippen LogP contribution < -0.4 is 4.90 Å². The second-order valence-corrected chi connectivity index (χ2v) is 7.05. The Labute approximate surface area is 130 Å². The van der Waals surface area contributed by atoms with Gasteiger partial charge in [-0.15, -0.1) is 0 Å². The van der Waals surface area contributed by atoms with Crippen molar-refractivity contribution in [2.45, 2.75) is 46.0 Å². The monoisotopic (exact) mass is 343 g/mol. The number of halogens is 2. The molecule has 19 heavy (non-hydrogen) atoms. The summed E-state index contributed by atoms with van der Waals surface area (Å²) in [6.45, 7) is 15.1. The number of alkyl halides is 1. The van der Waals surface area contributed by atoms with Crippen LogP contribution in [0.2, 0.25) is 5.02 Å².